The van der Waals surface area contributed by atoms with Crippen LogP contribution in [-0.4, -0.2) is 15.8 Å². The highest BCUT2D eigenvalue weighted by Crippen LogP contribution is 2.39. The number of carbonyl (C=O) groups excluding carboxylic acids is 1. The SMILES string of the molecule is Cc1cc2c(c(C)c1Cl)C(=O)/C(=C/c1ccc(O)c([N+](=O)[O-])c1)O2. The molecule has 0 fully saturated rings. The van der Waals surface area contributed by atoms with Crippen molar-refractivity contribution in [3.63, 3.8) is 0 Å². The molecule has 122 valence electrons. The first-order valence-electron chi connectivity index (χ1n) is 7.01. The topological polar surface area (TPSA) is 89.7 Å². The summed E-state index contributed by atoms with van der Waals surface area (Å²) >= 11 is 6.18. The minimum Gasteiger partial charge on any atom is -0.502 e. The Hall–Kier alpha value is -2.86. The number of ketones is 1. The molecule has 7 heteroatoms. The fourth-order valence-electron chi connectivity index (χ4n) is 2.60. The maximum atomic E-state index is 12.5. The van der Waals surface area contributed by atoms with Crippen LogP contribution in [0.15, 0.2) is 30.0 Å². The van der Waals surface area contributed by atoms with Crippen molar-refractivity contribution in [2.24, 2.45) is 0 Å². The molecular formula is C17H12ClNO5. The van der Waals surface area contributed by atoms with Crippen LogP contribution in [0.4, 0.5) is 5.69 Å². The van der Waals surface area contributed by atoms with E-state index in [2.05, 4.69) is 0 Å². The van der Waals surface area contributed by atoms with Gasteiger partial charge in [0.1, 0.15) is 5.75 Å². The second-order valence-corrected chi connectivity index (χ2v) is 5.83. The third kappa shape index (κ3) is 2.51. The molecule has 1 N–H and O–H groups in total. The van der Waals surface area contributed by atoms with Crippen molar-refractivity contribution in [1.82, 2.24) is 0 Å². The van der Waals surface area contributed by atoms with Crippen LogP contribution in [0, 0.1) is 24.0 Å². The number of ether oxygens (including phenoxy) is 1. The molecule has 1 heterocycles. The van der Waals surface area contributed by atoms with Gasteiger partial charge in [-0.15, -0.1) is 0 Å². The third-order valence-corrected chi connectivity index (χ3v) is 4.39. The average Bonchev–Trinajstić information content (AvgIpc) is 2.82. The quantitative estimate of drug-likeness (QED) is 0.501. The first kappa shape index (κ1) is 16.0. The minimum absolute atomic E-state index is 0.0507. The monoisotopic (exact) mass is 345 g/mol. The highest BCUT2D eigenvalue weighted by molar-refractivity contribution is 6.33. The van der Waals surface area contributed by atoms with E-state index in [0.717, 1.165) is 5.56 Å². The van der Waals surface area contributed by atoms with E-state index >= 15 is 0 Å². The number of nitrogens with zero attached hydrogens (tertiary/aromatic N) is 1. The van der Waals surface area contributed by atoms with Crippen molar-refractivity contribution < 1.29 is 19.6 Å². The number of phenols is 1. The number of allylic oxidation sites excluding steroid dienone is 1. The van der Waals surface area contributed by atoms with Crippen LogP contribution in [0.25, 0.3) is 6.08 Å². The van der Waals surface area contributed by atoms with Gasteiger partial charge >= 0.3 is 5.69 Å². The van der Waals surface area contributed by atoms with Gasteiger partial charge in [0.25, 0.3) is 0 Å². The van der Waals surface area contributed by atoms with Gasteiger partial charge in [0.15, 0.2) is 11.5 Å². The second kappa shape index (κ2) is 5.65. The summed E-state index contributed by atoms with van der Waals surface area (Å²) in [7, 11) is 0. The number of nitro groups is 1. The normalized spacial score (nSPS) is 14.6. The minimum atomic E-state index is -0.698. The molecule has 1 aliphatic rings. The number of hydrogen-bond acceptors (Lipinski definition) is 5. The number of Topliss-reactive ketones (excluding diaryl/α,β-unsaturated/α-hetero) is 1. The zero-order chi connectivity index (χ0) is 17.6. The molecule has 2 aromatic carbocycles. The number of carbonyl (C=O) groups is 1. The Morgan fingerprint density at radius 2 is 2.00 bits per heavy atom. The van der Waals surface area contributed by atoms with Gasteiger partial charge in [0.05, 0.1) is 10.5 Å². The number of phenolic OH excluding ortho intramolecular Hbond substituents is 1. The molecule has 6 nitrogen and oxygen atoms in total. The Morgan fingerprint density at radius 3 is 2.67 bits per heavy atom. The summed E-state index contributed by atoms with van der Waals surface area (Å²) in [5, 5.41) is 20.9. The van der Waals surface area contributed by atoms with Crippen molar-refractivity contribution in [3.05, 3.63) is 67.4 Å². The molecule has 0 aliphatic carbocycles. The largest absolute Gasteiger partial charge is 0.502 e. The standard InChI is InChI=1S/C17H12ClNO5/c1-8-5-13-15(9(2)16(8)18)17(21)14(24-13)7-10-3-4-12(20)11(6-10)19(22)23/h3-7,20H,1-2H3/b14-7-. The van der Waals surface area contributed by atoms with Gasteiger partial charge in [0.2, 0.25) is 5.78 Å². The van der Waals surface area contributed by atoms with Gasteiger partial charge in [0, 0.05) is 11.1 Å². The van der Waals surface area contributed by atoms with Gasteiger partial charge in [-0.1, -0.05) is 17.7 Å². The number of fused-ring (bicyclic) bond motifs is 1. The number of aromatic hydroxyl groups is 1. The highest BCUT2D eigenvalue weighted by atomic mass is 35.5. The van der Waals surface area contributed by atoms with Crippen LogP contribution in [0.1, 0.15) is 27.0 Å². The summed E-state index contributed by atoms with van der Waals surface area (Å²) in [4.78, 5) is 22.7. The highest BCUT2D eigenvalue weighted by Gasteiger charge is 2.31. The molecule has 0 unspecified atom stereocenters. The number of hydrogen-bond donors (Lipinski definition) is 1. The van der Waals surface area contributed by atoms with Crippen LogP contribution in [0.3, 0.4) is 0 Å². The van der Waals surface area contributed by atoms with Crippen LogP contribution in [0.2, 0.25) is 5.02 Å². The van der Waals surface area contributed by atoms with E-state index in [1.54, 1.807) is 13.0 Å². The average molecular weight is 346 g/mol. The summed E-state index contributed by atoms with van der Waals surface area (Å²) in [6, 6.07) is 5.51. The van der Waals surface area contributed by atoms with Gasteiger partial charge in [-0.25, -0.2) is 0 Å². The van der Waals surface area contributed by atoms with E-state index in [1.807, 2.05) is 6.92 Å². The lowest BCUT2D eigenvalue weighted by atomic mass is 10.0. The molecule has 3 rings (SSSR count). The fourth-order valence-corrected chi connectivity index (χ4v) is 2.75. The molecule has 1 aliphatic heterocycles. The van der Waals surface area contributed by atoms with Gasteiger partial charge in [-0.3, -0.25) is 14.9 Å². The Labute approximate surface area is 142 Å². The van der Waals surface area contributed by atoms with Gasteiger partial charge in [-0.05, 0) is 48.7 Å². The molecule has 0 saturated heterocycles. The number of nitro benzene ring substituents is 1. The number of halogens is 1. The zero-order valence-corrected chi connectivity index (χ0v) is 13.5. The number of aryl methyl sites for hydroxylation is 1. The van der Waals surface area contributed by atoms with Crippen LogP contribution in [-0.2, 0) is 0 Å². The molecule has 2 aromatic rings. The van der Waals surface area contributed by atoms with Crippen LogP contribution in [0.5, 0.6) is 11.5 Å². The Morgan fingerprint density at radius 1 is 1.29 bits per heavy atom. The maximum absolute atomic E-state index is 12.5. The van der Waals surface area contributed by atoms with Crippen molar-refractivity contribution in [3.8, 4) is 11.5 Å². The molecule has 0 atom stereocenters. The molecule has 0 spiro atoms. The lowest BCUT2D eigenvalue weighted by molar-refractivity contribution is -0.385. The predicted molar refractivity (Wildman–Crippen MR) is 88.6 cm³/mol. The van der Waals surface area contributed by atoms with Crippen molar-refractivity contribution in [2.75, 3.05) is 0 Å². The van der Waals surface area contributed by atoms with Gasteiger partial charge < -0.3 is 9.84 Å². The van der Waals surface area contributed by atoms with Gasteiger partial charge in [-0.2, -0.15) is 0 Å². The molecule has 0 amide bonds. The van der Waals surface area contributed by atoms with E-state index in [1.165, 1.54) is 24.3 Å². The Bertz CT molecular complexity index is 933. The first-order chi connectivity index (χ1) is 11.3. The van der Waals surface area contributed by atoms with Crippen LogP contribution >= 0.6 is 11.6 Å². The maximum Gasteiger partial charge on any atom is 0.311 e. The van der Waals surface area contributed by atoms with E-state index in [9.17, 15) is 20.0 Å². The summed E-state index contributed by atoms with van der Waals surface area (Å²) in [5.41, 5.74) is 1.75. The third-order valence-electron chi connectivity index (χ3n) is 3.81. The lowest BCUT2D eigenvalue weighted by Gasteiger charge is -2.05. The molecular weight excluding hydrogens is 334 g/mol. The molecule has 24 heavy (non-hydrogen) atoms. The summed E-state index contributed by atoms with van der Waals surface area (Å²) in [5.74, 6) is -0.309. The van der Waals surface area contributed by atoms with E-state index in [-0.39, 0.29) is 11.5 Å². The Kier molecular flexibility index (Phi) is 3.77. The van der Waals surface area contributed by atoms with Crippen molar-refractivity contribution in [1.29, 1.82) is 0 Å². The summed E-state index contributed by atoms with van der Waals surface area (Å²) in [6.07, 6.45) is 1.40. The smallest absolute Gasteiger partial charge is 0.311 e. The predicted octanol–water partition coefficient (Wildman–Crippen LogP) is 4.19. The summed E-state index contributed by atoms with van der Waals surface area (Å²) < 4.78 is 5.59. The summed E-state index contributed by atoms with van der Waals surface area (Å²) in [6.45, 7) is 3.55. The van der Waals surface area contributed by atoms with Crippen molar-refractivity contribution in [2.45, 2.75) is 13.8 Å². The fraction of sp³-hybridized carbons (Fsp3) is 0.118. The van der Waals surface area contributed by atoms with Crippen LogP contribution < -0.4 is 4.74 Å². The molecule has 0 aromatic heterocycles. The number of rotatable bonds is 2. The van der Waals surface area contributed by atoms with E-state index in [0.29, 0.717) is 27.5 Å². The molecule has 0 saturated carbocycles. The van der Waals surface area contributed by atoms with E-state index < -0.39 is 16.4 Å². The molecule has 0 bridgehead atoms. The Balaban J connectivity index is 2.05. The zero-order valence-electron chi connectivity index (χ0n) is 12.8. The van der Waals surface area contributed by atoms with E-state index in [4.69, 9.17) is 16.3 Å². The number of benzene rings is 2. The van der Waals surface area contributed by atoms with Crippen molar-refractivity contribution >= 4 is 29.1 Å². The molecule has 0 radical (unpaired) electrons. The second-order valence-electron chi connectivity index (χ2n) is 5.45. The lowest BCUT2D eigenvalue weighted by Crippen LogP contribution is -2.00. The first-order valence-corrected chi connectivity index (χ1v) is 7.38.